The number of rotatable bonds is 8. The van der Waals surface area contributed by atoms with E-state index < -0.39 is 5.82 Å². The molecule has 29 heavy (non-hydrogen) atoms. The number of halogens is 1. The number of amides is 1. The summed E-state index contributed by atoms with van der Waals surface area (Å²) in [5, 5.41) is 8.96. The number of anilines is 3. The second-order valence-electron chi connectivity index (χ2n) is 6.06. The van der Waals surface area contributed by atoms with Crippen LogP contribution in [-0.2, 0) is 0 Å². The molecule has 1 aromatic carbocycles. The monoisotopic (exact) mass is 396 g/mol. The quantitative estimate of drug-likeness (QED) is 0.503. The highest BCUT2D eigenvalue weighted by molar-refractivity contribution is 5.94. The summed E-state index contributed by atoms with van der Waals surface area (Å²) in [6.45, 7) is 2.55. The second kappa shape index (κ2) is 9.45. The number of nitrogens with zero attached hydrogens (tertiary/aromatic N) is 3. The predicted molar refractivity (Wildman–Crippen MR) is 108 cm³/mol. The number of ether oxygens (including phenoxy) is 1. The van der Waals surface area contributed by atoms with Crippen LogP contribution in [0.4, 0.5) is 21.8 Å². The Morgan fingerprint density at radius 2 is 1.90 bits per heavy atom. The molecular weight excluding hydrogens is 375 g/mol. The van der Waals surface area contributed by atoms with Crippen molar-refractivity contribution in [3.05, 3.63) is 65.9 Å². The molecule has 3 aromatic rings. The molecule has 3 rings (SSSR count). The number of nitrogens with one attached hydrogen (secondary N) is 3. The second-order valence-corrected chi connectivity index (χ2v) is 6.06. The van der Waals surface area contributed by atoms with Crippen molar-refractivity contribution in [2.45, 2.75) is 6.92 Å². The summed E-state index contributed by atoms with van der Waals surface area (Å²) in [6, 6.07) is 11.4. The van der Waals surface area contributed by atoms with E-state index in [4.69, 9.17) is 4.74 Å². The van der Waals surface area contributed by atoms with Crippen molar-refractivity contribution in [3.63, 3.8) is 0 Å². The van der Waals surface area contributed by atoms with E-state index >= 15 is 0 Å². The number of pyridine rings is 1. The molecule has 0 fully saturated rings. The number of aromatic nitrogens is 3. The molecule has 0 atom stereocenters. The van der Waals surface area contributed by atoms with E-state index in [0.29, 0.717) is 36.4 Å². The topological polar surface area (TPSA) is 101 Å². The molecule has 0 unspecified atom stereocenters. The van der Waals surface area contributed by atoms with Crippen LogP contribution in [0.1, 0.15) is 16.2 Å². The Balaban J connectivity index is 1.52. The third-order valence-electron chi connectivity index (χ3n) is 3.89. The molecule has 0 saturated heterocycles. The molecule has 2 heterocycles. The normalized spacial score (nSPS) is 10.3. The third kappa shape index (κ3) is 5.61. The van der Waals surface area contributed by atoms with Gasteiger partial charge in [-0.3, -0.25) is 4.79 Å². The lowest BCUT2D eigenvalue weighted by Crippen LogP contribution is -2.29. The van der Waals surface area contributed by atoms with Crippen LogP contribution in [0.2, 0.25) is 0 Å². The van der Waals surface area contributed by atoms with E-state index in [1.165, 1.54) is 19.2 Å². The molecule has 1 amide bonds. The summed E-state index contributed by atoms with van der Waals surface area (Å²) in [6.07, 6.45) is 1.69. The molecule has 0 aliphatic heterocycles. The van der Waals surface area contributed by atoms with Crippen LogP contribution in [-0.4, -0.2) is 41.1 Å². The Morgan fingerprint density at radius 3 is 2.62 bits per heavy atom. The van der Waals surface area contributed by atoms with E-state index in [-0.39, 0.29) is 17.2 Å². The molecule has 0 spiro atoms. The zero-order valence-electron chi connectivity index (χ0n) is 16.1. The molecular formula is C20H21FN6O2. The van der Waals surface area contributed by atoms with Crippen LogP contribution < -0.4 is 20.7 Å². The Labute approximate surface area is 167 Å². The van der Waals surface area contributed by atoms with Crippen molar-refractivity contribution in [1.82, 2.24) is 20.3 Å². The molecule has 0 bridgehead atoms. The van der Waals surface area contributed by atoms with Crippen LogP contribution in [0.5, 0.6) is 5.75 Å². The first-order valence-electron chi connectivity index (χ1n) is 8.94. The maximum atomic E-state index is 13.7. The zero-order valence-corrected chi connectivity index (χ0v) is 16.1. The number of hydrogen-bond donors (Lipinski definition) is 3. The number of methoxy groups -OCH3 is 1. The van der Waals surface area contributed by atoms with Gasteiger partial charge in [-0.1, -0.05) is 6.07 Å². The van der Waals surface area contributed by atoms with Crippen LogP contribution >= 0.6 is 0 Å². The van der Waals surface area contributed by atoms with E-state index in [9.17, 15) is 9.18 Å². The van der Waals surface area contributed by atoms with Crippen molar-refractivity contribution >= 4 is 23.4 Å². The number of carbonyl (C=O) groups is 1. The van der Waals surface area contributed by atoms with Gasteiger partial charge in [-0.2, -0.15) is 0 Å². The Kier molecular flexibility index (Phi) is 6.51. The van der Waals surface area contributed by atoms with Crippen LogP contribution in [0, 0.1) is 12.7 Å². The van der Waals surface area contributed by atoms with Gasteiger partial charge in [-0.25, -0.2) is 19.3 Å². The van der Waals surface area contributed by atoms with E-state index in [0.717, 1.165) is 6.07 Å². The van der Waals surface area contributed by atoms with Gasteiger partial charge in [-0.15, -0.1) is 0 Å². The van der Waals surface area contributed by atoms with Gasteiger partial charge >= 0.3 is 0 Å². The van der Waals surface area contributed by atoms with Gasteiger partial charge in [0.05, 0.1) is 7.11 Å². The Hall–Kier alpha value is -3.75. The Bertz CT molecular complexity index is 984. The van der Waals surface area contributed by atoms with Crippen molar-refractivity contribution < 1.29 is 13.9 Å². The van der Waals surface area contributed by atoms with E-state index in [1.54, 1.807) is 19.2 Å². The Morgan fingerprint density at radius 1 is 1.07 bits per heavy atom. The zero-order chi connectivity index (χ0) is 20.6. The van der Waals surface area contributed by atoms with Crippen molar-refractivity contribution in [2.24, 2.45) is 0 Å². The van der Waals surface area contributed by atoms with Gasteiger partial charge in [0, 0.05) is 30.9 Å². The molecule has 0 radical (unpaired) electrons. The fraction of sp³-hybridized carbons (Fsp3) is 0.200. The standard InChI is InChI=1S/C20H21FN6O2/c1-13-25-18(12-19(26-13)27-17-5-3-4-8-22-17)23-9-10-24-20(28)14-6-7-16(29-2)15(21)11-14/h3-8,11-12H,9-10H2,1-2H3,(H,24,28)(H2,22,23,25,26,27). The number of hydrogen-bond acceptors (Lipinski definition) is 7. The maximum absolute atomic E-state index is 13.7. The number of carbonyl (C=O) groups excluding carboxylic acids is 1. The fourth-order valence-electron chi connectivity index (χ4n) is 2.57. The lowest BCUT2D eigenvalue weighted by molar-refractivity contribution is 0.0954. The lowest BCUT2D eigenvalue weighted by atomic mass is 10.2. The fourth-order valence-corrected chi connectivity index (χ4v) is 2.57. The van der Waals surface area contributed by atoms with Gasteiger partial charge in [0.25, 0.3) is 5.91 Å². The van der Waals surface area contributed by atoms with Gasteiger partial charge < -0.3 is 20.7 Å². The third-order valence-corrected chi connectivity index (χ3v) is 3.89. The molecule has 2 aromatic heterocycles. The van der Waals surface area contributed by atoms with Crippen LogP contribution in [0.25, 0.3) is 0 Å². The molecule has 0 aliphatic rings. The predicted octanol–water partition coefficient (Wildman–Crippen LogP) is 2.91. The van der Waals surface area contributed by atoms with Crippen LogP contribution in [0.15, 0.2) is 48.7 Å². The smallest absolute Gasteiger partial charge is 0.251 e. The van der Waals surface area contributed by atoms with Crippen molar-refractivity contribution in [2.75, 3.05) is 30.8 Å². The van der Waals surface area contributed by atoms with Crippen molar-refractivity contribution in [1.29, 1.82) is 0 Å². The highest BCUT2D eigenvalue weighted by Crippen LogP contribution is 2.18. The summed E-state index contributed by atoms with van der Waals surface area (Å²) in [7, 11) is 1.37. The molecule has 150 valence electrons. The highest BCUT2D eigenvalue weighted by atomic mass is 19.1. The average Bonchev–Trinajstić information content (AvgIpc) is 2.71. The van der Waals surface area contributed by atoms with E-state index in [1.807, 2.05) is 18.2 Å². The largest absolute Gasteiger partial charge is 0.494 e. The number of benzene rings is 1. The summed E-state index contributed by atoms with van der Waals surface area (Å²) >= 11 is 0. The molecule has 3 N–H and O–H groups in total. The molecule has 8 nitrogen and oxygen atoms in total. The van der Waals surface area contributed by atoms with Gasteiger partial charge in [0.1, 0.15) is 23.3 Å². The van der Waals surface area contributed by atoms with E-state index in [2.05, 4.69) is 30.9 Å². The minimum absolute atomic E-state index is 0.0949. The first kappa shape index (κ1) is 20.0. The summed E-state index contributed by atoms with van der Waals surface area (Å²) in [5.74, 6) is 1.63. The van der Waals surface area contributed by atoms with Crippen LogP contribution in [0.3, 0.4) is 0 Å². The molecule has 0 aliphatic carbocycles. The summed E-state index contributed by atoms with van der Waals surface area (Å²) in [4.78, 5) is 25.0. The average molecular weight is 396 g/mol. The SMILES string of the molecule is COc1ccc(C(=O)NCCNc2cc(Nc3ccccn3)nc(C)n2)cc1F. The number of aryl methyl sites for hydroxylation is 1. The summed E-state index contributed by atoms with van der Waals surface area (Å²) < 4.78 is 18.6. The maximum Gasteiger partial charge on any atom is 0.251 e. The minimum Gasteiger partial charge on any atom is -0.494 e. The first-order chi connectivity index (χ1) is 14.0. The molecule has 9 heteroatoms. The van der Waals surface area contributed by atoms with Gasteiger partial charge in [0.2, 0.25) is 0 Å². The summed E-state index contributed by atoms with van der Waals surface area (Å²) in [5.41, 5.74) is 0.225. The van der Waals surface area contributed by atoms with Gasteiger partial charge in [0.15, 0.2) is 11.6 Å². The minimum atomic E-state index is -0.581. The van der Waals surface area contributed by atoms with Crippen molar-refractivity contribution in [3.8, 4) is 5.75 Å². The lowest BCUT2D eigenvalue weighted by Gasteiger charge is -2.11. The highest BCUT2D eigenvalue weighted by Gasteiger charge is 2.10. The first-order valence-corrected chi connectivity index (χ1v) is 8.94. The van der Waals surface area contributed by atoms with Gasteiger partial charge in [-0.05, 0) is 37.3 Å². The molecule has 0 saturated carbocycles.